The molecule has 0 aliphatic carbocycles. The van der Waals surface area contributed by atoms with Crippen LogP contribution in [0.4, 0.5) is 0 Å². The van der Waals surface area contributed by atoms with Crippen LogP contribution in [0.3, 0.4) is 0 Å². The first kappa shape index (κ1) is 72.4. The van der Waals surface area contributed by atoms with E-state index in [-0.39, 0.29) is 37.5 Å². The summed E-state index contributed by atoms with van der Waals surface area (Å²) >= 11 is 0. The first-order valence-corrected chi connectivity index (χ1v) is 33.1. The maximum Gasteiger partial charge on any atom is 0.306 e. The second kappa shape index (κ2) is 63.9. The molecule has 0 aromatic rings. The zero-order valence-corrected chi connectivity index (χ0v) is 50.3. The number of esters is 3. The lowest BCUT2D eigenvalue weighted by Gasteiger charge is -2.18. The van der Waals surface area contributed by atoms with Gasteiger partial charge < -0.3 is 14.2 Å². The number of rotatable bonds is 61. The number of carbonyl (C=O) groups excluding carboxylic acids is 3. The summed E-state index contributed by atoms with van der Waals surface area (Å²) in [5.74, 6) is -0.906. The molecule has 0 rings (SSSR count). The van der Waals surface area contributed by atoms with E-state index in [4.69, 9.17) is 14.2 Å². The molecule has 0 N–H and O–H groups in total. The van der Waals surface area contributed by atoms with Gasteiger partial charge in [-0.2, -0.15) is 0 Å². The average molecular weight is 1050 g/mol. The molecule has 0 fully saturated rings. The Bertz CT molecular complexity index is 1300. The fourth-order valence-electron chi connectivity index (χ4n) is 9.91. The number of hydrogen-bond donors (Lipinski definition) is 0. The molecular weight excluding hydrogens is 925 g/mol. The monoisotopic (exact) mass is 1050 g/mol. The highest BCUT2D eigenvalue weighted by Crippen LogP contribution is 2.18. The van der Waals surface area contributed by atoms with Crippen molar-refractivity contribution >= 4 is 17.9 Å². The Hall–Kier alpha value is -2.63. The molecule has 0 radical (unpaired) electrons. The van der Waals surface area contributed by atoms with Gasteiger partial charge in [0.2, 0.25) is 0 Å². The van der Waals surface area contributed by atoms with Gasteiger partial charge in [-0.1, -0.05) is 326 Å². The molecule has 0 spiro atoms. The van der Waals surface area contributed by atoms with E-state index in [1.807, 2.05) is 0 Å². The quantitative estimate of drug-likeness (QED) is 0.0261. The fraction of sp³-hybridized carbons (Fsp3) is 0.841. The minimum atomic E-state index is -0.792. The van der Waals surface area contributed by atoms with Crippen LogP contribution in [0.2, 0.25) is 0 Å². The predicted molar refractivity (Wildman–Crippen MR) is 325 cm³/mol. The van der Waals surface area contributed by atoms with Gasteiger partial charge >= 0.3 is 17.9 Å². The SMILES string of the molecule is CC/C=C\C/C=C\C/C=C\C/C=C\CCCCC(=O)OC(COC(=O)CCCCCCCCCCCCCCC)COC(=O)CCCCCCCCCCCCCCCCCCCCCCCCCCCCCCC. The van der Waals surface area contributed by atoms with Crippen molar-refractivity contribution in [2.45, 2.75) is 361 Å². The Morgan fingerprint density at radius 2 is 0.520 bits per heavy atom. The minimum Gasteiger partial charge on any atom is -0.462 e. The summed E-state index contributed by atoms with van der Waals surface area (Å²) in [6.45, 7) is 6.55. The van der Waals surface area contributed by atoms with E-state index in [2.05, 4.69) is 69.4 Å². The Morgan fingerprint density at radius 3 is 0.813 bits per heavy atom. The molecule has 0 saturated heterocycles. The first-order chi connectivity index (χ1) is 37.0. The molecule has 75 heavy (non-hydrogen) atoms. The van der Waals surface area contributed by atoms with Crippen LogP contribution in [0.1, 0.15) is 355 Å². The van der Waals surface area contributed by atoms with Crippen LogP contribution >= 0.6 is 0 Å². The fourth-order valence-corrected chi connectivity index (χ4v) is 9.91. The van der Waals surface area contributed by atoms with Gasteiger partial charge in [-0.25, -0.2) is 0 Å². The second-order valence-electron chi connectivity index (χ2n) is 22.4. The normalized spacial score (nSPS) is 12.3. The molecule has 0 aliphatic heterocycles. The number of ether oxygens (including phenoxy) is 3. The molecule has 0 bridgehead atoms. The highest BCUT2D eigenvalue weighted by molar-refractivity contribution is 5.71. The van der Waals surface area contributed by atoms with Crippen molar-refractivity contribution in [3.63, 3.8) is 0 Å². The minimum absolute atomic E-state index is 0.0852. The van der Waals surface area contributed by atoms with Crippen LogP contribution in [0.15, 0.2) is 48.6 Å². The van der Waals surface area contributed by atoms with Crippen molar-refractivity contribution in [1.29, 1.82) is 0 Å². The van der Waals surface area contributed by atoms with E-state index in [0.717, 1.165) is 77.0 Å². The Labute approximate surface area is 467 Å². The summed E-state index contributed by atoms with van der Waals surface area (Å²) in [6, 6.07) is 0. The van der Waals surface area contributed by atoms with Crippen LogP contribution in [0, 0.1) is 0 Å². The van der Waals surface area contributed by atoms with Crippen LogP contribution in [0.5, 0.6) is 0 Å². The summed E-state index contributed by atoms with van der Waals surface area (Å²) in [5.41, 5.74) is 0. The standard InChI is InChI=1S/C69H126O6/c1-4-7-10-13-16-19-22-25-27-28-29-30-31-32-33-34-35-36-37-38-39-40-42-44-47-50-53-56-59-62-68(71)74-65-66(64-73-67(70)61-58-55-52-49-46-43-24-21-18-15-12-9-6-3)75-69(72)63-60-57-54-51-48-45-41-26-23-20-17-14-11-8-5-2/h8,11,17,20,26,41,48,51,66H,4-7,9-10,12-16,18-19,21-25,27-40,42-47,49-50,52-65H2,1-3H3/b11-8-,20-17-,41-26-,51-48-. The molecule has 6 heteroatoms. The lowest BCUT2D eigenvalue weighted by molar-refractivity contribution is -0.167. The smallest absolute Gasteiger partial charge is 0.306 e. The van der Waals surface area contributed by atoms with E-state index in [0.29, 0.717) is 19.3 Å². The van der Waals surface area contributed by atoms with Crippen LogP contribution in [-0.2, 0) is 28.6 Å². The third kappa shape index (κ3) is 62.1. The van der Waals surface area contributed by atoms with Gasteiger partial charge in [0.1, 0.15) is 13.2 Å². The van der Waals surface area contributed by atoms with Crippen molar-refractivity contribution < 1.29 is 28.6 Å². The van der Waals surface area contributed by atoms with Crippen molar-refractivity contribution in [3.05, 3.63) is 48.6 Å². The van der Waals surface area contributed by atoms with Gasteiger partial charge in [0.15, 0.2) is 6.10 Å². The van der Waals surface area contributed by atoms with Gasteiger partial charge in [0.05, 0.1) is 0 Å². The molecule has 0 aliphatic rings. The molecule has 0 aromatic heterocycles. The van der Waals surface area contributed by atoms with E-state index in [1.165, 1.54) is 231 Å². The lowest BCUT2D eigenvalue weighted by atomic mass is 10.0. The van der Waals surface area contributed by atoms with Crippen molar-refractivity contribution in [1.82, 2.24) is 0 Å². The maximum atomic E-state index is 12.9. The third-order valence-corrected chi connectivity index (χ3v) is 14.8. The Morgan fingerprint density at radius 1 is 0.280 bits per heavy atom. The molecular formula is C69H126O6. The van der Waals surface area contributed by atoms with Gasteiger partial charge in [0, 0.05) is 19.3 Å². The van der Waals surface area contributed by atoms with Crippen molar-refractivity contribution in [2.24, 2.45) is 0 Å². The third-order valence-electron chi connectivity index (χ3n) is 14.8. The molecule has 6 nitrogen and oxygen atoms in total. The molecule has 1 atom stereocenters. The van der Waals surface area contributed by atoms with E-state index in [9.17, 15) is 14.4 Å². The van der Waals surface area contributed by atoms with Gasteiger partial charge in [-0.05, 0) is 57.8 Å². The van der Waals surface area contributed by atoms with Crippen LogP contribution < -0.4 is 0 Å². The molecule has 0 amide bonds. The van der Waals surface area contributed by atoms with Gasteiger partial charge in [-0.15, -0.1) is 0 Å². The summed E-state index contributed by atoms with van der Waals surface area (Å²) in [5, 5.41) is 0. The van der Waals surface area contributed by atoms with Crippen LogP contribution in [-0.4, -0.2) is 37.2 Å². The number of carbonyl (C=O) groups is 3. The Kier molecular flexibility index (Phi) is 61.7. The maximum absolute atomic E-state index is 12.9. The summed E-state index contributed by atoms with van der Waals surface area (Å²) in [6.07, 6.45) is 80.1. The zero-order valence-electron chi connectivity index (χ0n) is 50.3. The molecule has 0 saturated carbocycles. The number of hydrogen-bond acceptors (Lipinski definition) is 6. The number of allylic oxidation sites excluding steroid dienone is 8. The van der Waals surface area contributed by atoms with Gasteiger partial charge in [0.25, 0.3) is 0 Å². The highest BCUT2D eigenvalue weighted by atomic mass is 16.6. The zero-order chi connectivity index (χ0) is 54.3. The molecule has 1 unspecified atom stereocenters. The predicted octanol–water partition coefficient (Wildman–Crippen LogP) is 22.6. The van der Waals surface area contributed by atoms with Crippen molar-refractivity contribution in [3.8, 4) is 0 Å². The molecule has 0 heterocycles. The Balaban J connectivity index is 4.17. The number of unbranched alkanes of at least 4 members (excludes halogenated alkanes) is 42. The topological polar surface area (TPSA) is 78.9 Å². The molecule has 0 aromatic carbocycles. The van der Waals surface area contributed by atoms with E-state index < -0.39 is 6.10 Å². The van der Waals surface area contributed by atoms with Crippen LogP contribution in [0.25, 0.3) is 0 Å². The second-order valence-corrected chi connectivity index (χ2v) is 22.4. The lowest BCUT2D eigenvalue weighted by Crippen LogP contribution is -2.30. The highest BCUT2D eigenvalue weighted by Gasteiger charge is 2.19. The molecule has 438 valence electrons. The van der Waals surface area contributed by atoms with E-state index in [1.54, 1.807) is 0 Å². The summed E-state index contributed by atoms with van der Waals surface area (Å²) < 4.78 is 16.9. The van der Waals surface area contributed by atoms with E-state index >= 15 is 0 Å². The summed E-state index contributed by atoms with van der Waals surface area (Å²) in [7, 11) is 0. The summed E-state index contributed by atoms with van der Waals surface area (Å²) in [4.78, 5) is 38.2. The van der Waals surface area contributed by atoms with Crippen molar-refractivity contribution in [2.75, 3.05) is 13.2 Å². The first-order valence-electron chi connectivity index (χ1n) is 33.1. The largest absolute Gasteiger partial charge is 0.462 e. The van der Waals surface area contributed by atoms with Gasteiger partial charge in [-0.3, -0.25) is 14.4 Å². The average Bonchev–Trinajstić information content (AvgIpc) is 3.41.